The summed E-state index contributed by atoms with van der Waals surface area (Å²) in [6, 6.07) is 5.54. The van der Waals surface area contributed by atoms with Gasteiger partial charge in [-0.25, -0.2) is 4.79 Å². The van der Waals surface area contributed by atoms with Crippen molar-refractivity contribution in [3.8, 4) is 0 Å². The van der Waals surface area contributed by atoms with Crippen molar-refractivity contribution in [3.05, 3.63) is 55.5 Å². The molecule has 0 atom stereocenters. The average Bonchev–Trinajstić information content (AvgIpc) is 3.01. The highest BCUT2D eigenvalue weighted by atomic mass is 35.5. The Morgan fingerprint density at radius 1 is 1.26 bits per heavy atom. The van der Waals surface area contributed by atoms with Crippen LogP contribution in [0.1, 0.15) is 23.2 Å². The maximum Gasteiger partial charge on any atom is 0.348 e. The summed E-state index contributed by atoms with van der Waals surface area (Å²) in [5.41, 5.74) is 2.92. The van der Waals surface area contributed by atoms with Gasteiger partial charge in [-0.15, -0.1) is 11.8 Å². The van der Waals surface area contributed by atoms with Gasteiger partial charge in [-0.3, -0.25) is 4.57 Å². The number of nitrogens with zero attached hydrogens (tertiary/aromatic N) is 2. The first-order chi connectivity index (χ1) is 11.1. The van der Waals surface area contributed by atoms with Crippen molar-refractivity contribution >= 4 is 35.0 Å². The van der Waals surface area contributed by atoms with Crippen LogP contribution in [-0.2, 0) is 25.1 Å². The van der Waals surface area contributed by atoms with Gasteiger partial charge in [-0.05, 0) is 37.0 Å². The minimum atomic E-state index is -0.281. The topological polar surface area (TPSA) is 55.1 Å². The normalized spacial score (nSPS) is 13.3. The van der Waals surface area contributed by atoms with Gasteiger partial charge < -0.3 is 5.11 Å². The molecule has 0 unspecified atom stereocenters. The van der Waals surface area contributed by atoms with Gasteiger partial charge in [-0.2, -0.15) is 4.98 Å². The Bertz CT molecular complexity index is 792. The van der Waals surface area contributed by atoms with Crippen LogP contribution in [-0.4, -0.2) is 21.3 Å². The van der Waals surface area contributed by atoms with E-state index < -0.39 is 0 Å². The molecule has 3 rings (SSSR count). The van der Waals surface area contributed by atoms with Crippen LogP contribution in [0.2, 0.25) is 10.0 Å². The highest BCUT2D eigenvalue weighted by Gasteiger charge is 2.21. The highest BCUT2D eigenvalue weighted by Crippen LogP contribution is 2.32. The molecular formula is C16H16Cl2N2O2S. The number of hydrogen-bond acceptors (Lipinski definition) is 4. The van der Waals surface area contributed by atoms with Crippen molar-refractivity contribution in [3.63, 3.8) is 0 Å². The first kappa shape index (κ1) is 16.8. The van der Waals surface area contributed by atoms with E-state index in [0.717, 1.165) is 41.1 Å². The zero-order valence-corrected chi connectivity index (χ0v) is 14.7. The second-order valence-corrected chi connectivity index (χ2v) is 7.17. The third-order valence-electron chi connectivity index (χ3n) is 3.88. The quantitative estimate of drug-likeness (QED) is 0.647. The van der Waals surface area contributed by atoms with Crippen LogP contribution in [0.25, 0.3) is 0 Å². The number of aliphatic hydroxyl groups excluding tert-OH is 1. The molecule has 0 bridgehead atoms. The van der Waals surface area contributed by atoms with Gasteiger partial charge in [0.1, 0.15) is 5.03 Å². The maximum atomic E-state index is 12.2. The van der Waals surface area contributed by atoms with Crippen LogP contribution in [0, 0.1) is 0 Å². The van der Waals surface area contributed by atoms with Gasteiger partial charge in [0.05, 0.1) is 23.2 Å². The van der Waals surface area contributed by atoms with Crippen molar-refractivity contribution in [2.75, 3.05) is 6.61 Å². The molecule has 0 spiro atoms. The molecule has 1 aliphatic rings. The van der Waals surface area contributed by atoms with E-state index in [4.69, 9.17) is 28.3 Å². The Balaban J connectivity index is 1.86. The molecular weight excluding hydrogens is 355 g/mol. The largest absolute Gasteiger partial charge is 0.395 e. The van der Waals surface area contributed by atoms with Crippen molar-refractivity contribution in [1.82, 2.24) is 9.55 Å². The molecule has 0 saturated carbocycles. The van der Waals surface area contributed by atoms with Crippen LogP contribution >= 0.6 is 35.0 Å². The molecule has 0 fully saturated rings. The summed E-state index contributed by atoms with van der Waals surface area (Å²) in [4.78, 5) is 16.4. The fraction of sp³-hybridized carbons (Fsp3) is 0.375. The Morgan fingerprint density at radius 2 is 2.09 bits per heavy atom. The molecule has 1 aromatic heterocycles. The van der Waals surface area contributed by atoms with Crippen molar-refractivity contribution < 1.29 is 5.11 Å². The Hall–Kier alpha value is -1.01. The third kappa shape index (κ3) is 3.58. The molecule has 7 heteroatoms. The van der Waals surface area contributed by atoms with E-state index in [2.05, 4.69) is 4.98 Å². The predicted molar refractivity (Wildman–Crippen MR) is 93.6 cm³/mol. The minimum absolute atomic E-state index is 0.0518. The second-order valence-electron chi connectivity index (χ2n) is 5.39. The lowest BCUT2D eigenvalue weighted by Crippen LogP contribution is -2.28. The van der Waals surface area contributed by atoms with Crippen LogP contribution in [0.3, 0.4) is 0 Å². The maximum absolute atomic E-state index is 12.2. The van der Waals surface area contributed by atoms with Gasteiger partial charge in [0.25, 0.3) is 0 Å². The van der Waals surface area contributed by atoms with E-state index in [-0.39, 0.29) is 12.3 Å². The van der Waals surface area contributed by atoms with Crippen LogP contribution in [0.4, 0.5) is 0 Å². The zero-order valence-electron chi connectivity index (χ0n) is 12.4. The molecule has 0 radical (unpaired) electrons. The number of thioether (sulfide) groups is 1. The lowest BCUT2D eigenvalue weighted by atomic mass is 10.2. The summed E-state index contributed by atoms with van der Waals surface area (Å²) in [5, 5.41) is 11.0. The number of benzene rings is 1. The number of hydrogen-bond donors (Lipinski definition) is 1. The van der Waals surface area contributed by atoms with Gasteiger partial charge in [-0.1, -0.05) is 29.3 Å². The summed E-state index contributed by atoms with van der Waals surface area (Å²) >= 11 is 13.5. The number of rotatable bonds is 5. The monoisotopic (exact) mass is 370 g/mol. The molecule has 4 nitrogen and oxygen atoms in total. The zero-order chi connectivity index (χ0) is 16.4. The molecule has 0 aliphatic heterocycles. The summed E-state index contributed by atoms with van der Waals surface area (Å²) in [7, 11) is 0. The molecule has 1 N–H and O–H groups in total. The van der Waals surface area contributed by atoms with Crippen LogP contribution in [0.5, 0.6) is 0 Å². The standard InChI is InChI=1S/C16H16Cl2N2O2S/c17-12-5-4-10(8-13(12)18)9-23-15-11-2-1-3-14(11)20(6-7-21)16(22)19-15/h4-5,8,21H,1-3,6-7,9H2. The molecule has 122 valence electrons. The van der Waals surface area contributed by atoms with Crippen molar-refractivity contribution in [2.24, 2.45) is 0 Å². The van der Waals surface area contributed by atoms with Gasteiger partial charge in [0.15, 0.2) is 0 Å². The molecule has 1 aromatic carbocycles. The lowest BCUT2D eigenvalue weighted by molar-refractivity contribution is 0.271. The number of aliphatic hydroxyl groups is 1. The Kier molecular flexibility index (Phi) is 5.31. The van der Waals surface area contributed by atoms with Crippen LogP contribution < -0.4 is 5.69 Å². The van der Waals surface area contributed by atoms with E-state index >= 15 is 0 Å². The summed E-state index contributed by atoms with van der Waals surface area (Å²) in [5.74, 6) is 0.680. The van der Waals surface area contributed by atoms with E-state index in [1.165, 1.54) is 0 Å². The molecule has 0 amide bonds. The van der Waals surface area contributed by atoms with Crippen LogP contribution in [0.15, 0.2) is 28.0 Å². The fourth-order valence-corrected chi connectivity index (χ4v) is 4.16. The second kappa shape index (κ2) is 7.26. The van der Waals surface area contributed by atoms with Crippen molar-refractivity contribution in [2.45, 2.75) is 36.6 Å². The SMILES string of the molecule is O=c1nc(SCc2ccc(Cl)c(Cl)c2)c2c(n1CCO)CCC2. The number of halogens is 2. The third-order valence-corrected chi connectivity index (χ3v) is 5.71. The molecule has 2 aromatic rings. The Morgan fingerprint density at radius 3 is 2.83 bits per heavy atom. The molecule has 1 aliphatic carbocycles. The predicted octanol–water partition coefficient (Wildman–Crippen LogP) is 3.32. The number of fused-ring (bicyclic) bond motifs is 1. The minimum Gasteiger partial charge on any atom is -0.395 e. The van der Waals surface area contributed by atoms with Gasteiger partial charge >= 0.3 is 5.69 Å². The van der Waals surface area contributed by atoms with Gasteiger partial charge in [0, 0.05) is 17.0 Å². The first-order valence-corrected chi connectivity index (χ1v) is 9.14. The first-order valence-electron chi connectivity index (χ1n) is 7.40. The summed E-state index contributed by atoms with van der Waals surface area (Å²) in [6.45, 7) is 0.260. The lowest BCUT2D eigenvalue weighted by Gasteiger charge is -2.13. The molecule has 0 saturated heterocycles. The Labute approximate surface area is 148 Å². The van der Waals surface area contributed by atoms with E-state index in [1.54, 1.807) is 22.4 Å². The highest BCUT2D eigenvalue weighted by molar-refractivity contribution is 7.98. The van der Waals surface area contributed by atoms with E-state index in [9.17, 15) is 4.79 Å². The fourth-order valence-electron chi connectivity index (χ4n) is 2.82. The average molecular weight is 371 g/mol. The van der Waals surface area contributed by atoms with E-state index in [1.807, 2.05) is 12.1 Å². The van der Waals surface area contributed by atoms with Gasteiger partial charge in [0.2, 0.25) is 0 Å². The molecule has 1 heterocycles. The summed E-state index contributed by atoms with van der Waals surface area (Å²) < 4.78 is 1.60. The van der Waals surface area contributed by atoms with E-state index in [0.29, 0.717) is 22.3 Å². The summed E-state index contributed by atoms with van der Waals surface area (Å²) in [6.07, 6.45) is 2.82. The molecule has 23 heavy (non-hydrogen) atoms. The smallest absolute Gasteiger partial charge is 0.348 e. The van der Waals surface area contributed by atoms with Crippen molar-refractivity contribution in [1.29, 1.82) is 0 Å². The number of aromatic nitrogens is 2.